The second-order valence-electron chi connectivity index (χ2n) is 1.18. The molecule has 0 aliphatic heterocycles. The van der Waals surface area contributed by atoms with Crippen molar-refractivity contribution >= 4 is 14.4 Å². The van der Waals surface area contributed by atoms with Crippen LogP contribution >= 0.6 is 8.46 Å². The minimum absolute atomic E-state index is 0.202. The number of hydrogen-bond donors (Lipinski definition) is 1. The third-order valence-corrected chi connectivity index (χ3v) is 1.14. The number of carbonyl (C=O) groups is 1. The monoisotopic (exact) mass is 119 g/mol. The fourth-order valence-corrected chi connectivity index (χ4v) is 0.156. The molecule has 1 unspecified atom stereocenters. The Hall–Kier alpha value is -0.430. The number of hydrogen-bond acceptors (Lipinski definition) is 2. The van der Waals surface area contributed by atoms with E-state index in [1.807, 2.05) is 0 Å². The first-order valence-corrected chi connectivity index (χ1v) is 2.68. The second-order valence-corrected chi connectivity index (χ2v) is 2.17. The highest BCUT2D eigenvalue weighted by molar-refractivity contribution is 7.26. The minimum atomic E-state index is -0.542. The standard InChI is InChI=1S/C3H6NO2P/c1-2(7-6)3(4)5/h2H,1H3,(H2,4,5). The fourth-order valence-electron chi connectivity index (χ4n) is 0.0519. The fraction of sp³-hybridized carbons (Fsp3) is 0.667. The van der Waals surface area contributed by atoms with Crippen molar-refractivity contribution < 1.29 is 9.36 Å². The molecule has 4 heteroatoms. The molecule has 0 fully saturated rings. The highest BCUT2D eigenvalue weighted by Gasteiger charge is 2.05. The van der Waals surface area contributed by atoms with Gasteiger partial charge in [-0.05, 0) is 6.92 Å². The first kappa shape index (κ1) is 6.57. The molecule has 1 atom stereocenters. The second kappa shape index (κ2) is 2.69. The topological polar surface area (TPSA) is 60.2 Å². The first-order valence-electron chi connectivity index (χ1n) is 1.80. The third-order valence-electron chi connectivity index (χ3n) is 0.570. The van der Waals surface area contributed by atoms with Crippen LogP contribution in [0.1, 0.15) is 6.92 Å². The largest absolute Gasteiger partial charge is 0.369 e. The third kappa shape index (κ3) is 2.29. The van der Waals surface area contributed by atoms with Crippen LogP contribution in [0.4, 0.5) is 0 Å². The molecular formula is C3H6NO2P. The lowest BCUT2D eigenvalue weighted by Crippen LogP contribution is -2.20. The van der Waals surface area contributed by atoms with Crippen LogP contribution in [-0.4, -0.2) is 11.6 Å². The molecule has 0 aromatic rings. The number of primary amides is 1. The number of amides is 1. The smallest absolute Gasteiger partial charge is 0.231 e. The van der Waals surface area contributed by atoms with Gasteiger partial charge in [0.25, 0.3) is 0 Å². The molecule has 0 aliphatic rings. The van der Waals surface area contributed by atoms with Gasteiger partial charge in [0, 0.05) is 0 Å². The molecule has 0 aromatic heterocycles. The van der Waals surface area contributed by atoms with Gasteiger partial charge in [0.05, 0.1) is 0 Å². The summed E-state index contributed by atoms with van der Waals surface area (Å²) in [7, 11) is -0.202. The molecule has 2 N–H and O–H groups in total. The quantitative estimate of drug-likeness (QED) is 0.526. The summed E-state index contributed by atoms with van der Waals surface area (Å²) < 4.78 is 9.74. The molecule has 0 bridgehead atoms. The zero-order valence-electron chi connectivity index (χ0n) is 3.92. The lowest BCUT2D eigenvalue weighted by molar-refractivity contribution is -0.117. The van der Waals surface area contributed by atoms with E-state index < -0.39 is 11.6 Å². The molecule has 0 aliphatic carbocycles. The van der Waals surface area contributed by atoms with Gasteiger partial charge in [-0.2, -0.15) is 0 Å². The zero-order chi connectivity index (χ0) is 5.86. The molecule has 3 nitrogen and oxygen atoms in total. The lowest BCUT2D eigenvalue weighted by Gasteiger charge is -1.88. The maximum absolute atomic E-state index is 9.95. The molecule has 0 aromatic carbocycles. The van der Waals surface area contributed by atoms with Crippen molar-refractivity contribution in [2.24, 2.45) is 5.73 Å². The highest BCUT2D eigenvalue weighted by atomic mass is 31.1. The van der Waals surface area contributed by atoms with E-state index in [9.17, 15) is 9.36 Å². The van der Waals surface area contributed by atoms with Gasteiger partial charge in [-0.15, -0.1) is 0 Å². The zero-order valence-corrected chi connectivity index (χ0v) is 4.81. The first-order chi connectivity index (χ1) is 3.18. The molecule has 1 amide bonds. The average Bonchev–Trinajstić information content (AvgIpc) is 1.65. The number of rotatable bonds is 2. The molecule has 40 valence electrons. The Balaban J connectivity index is 3.55. The molecule has 0 saturated carbocycles. The van der Waals surface area contributed by atoms with Gasteiger partial charge < -0.3 is 5.73 Å². The van der Waals surface area contributed by atoms with E-state index in [2.05, 4.69) is 0 Å². The van der Waals surface area contributed by atoms with Gasteiger partial charge in [0.1, 0.15) is 5.66 Å². The van der Waals surface area contributed by atoms with Crippen LogP contribution in [0.5, 0.6) is 0 Å². The summed E-state index contributed by atoms with van der Waals surface area (Å²) >= 11 is 0. The lowest BCUT2D eigenvalue weighted by atomic mass is 10.5. The van der Waals surface area contributed by atoms with E-state index in [1.54, 1.807) is 0 Å². The summed E-state index contributed by atoms with van der Waals surface area (Å²) in [6, 6.07) is 0. The molecular weight excluding hydrogens is 113 g/mol. The summed E-state index contributed by atoms with van der Waals surface area (Å²) in [6.45, 7) is 1.50. The normalized spacial score (nSPS) is 13.9. The molecule has 0 rings (SSSR count). The highest BCUT2D eigenvalue weighted by Crippen LogP contribution is 2.01. The predicted molar refractivity (Wildman–Crippen MR) is 26.3 cm³/mol. The molecule has 0 radical (unpaired) electrons. The Bertz CT molecular complexity index is 92.9. The van der Waals surface area contributed by atoms with Crippen LogP contribution < -0.4 is 5.73 Å². The maximum atomic E-state index is 9.95. The Morgan fingerprint density at radius 3 is 2.29 bits per heavy atom. The minimum Gasteiger partial charge on any atom is -0.369 e. The van der Waals surface area contributed by atoms with Crippen molar-refractivity contribution in [3.8, 4) is 0 Å². The summed E-state index contributed by atoms with van der Waals surface area (Å²) in [5.74, 6) is -0.531. The van der Waals surface area contributed by atoms with Gasteiger partial charge in [-0.25, -0.2) is 0 Å². The van der Waals surface area contributed by atoms with Crippen molar-refractivity contribution in [3.05, 3.63) is 0 Å². The van der Waals surface area contributed by atoms with E-state index in [0.29, 0.717) is 0 Å². The Kier molecular flexibility index (Phi) is 2.53. The van der Waals surface area contributed by atoms with Gasteiger partial charge in [-0.3, -0.25) is 9.36 Å². The van der Waals surface area contributed by atoms with Crippen LogP contribution in [0, 0.1) is 0 Å². The Labute approximate surface area is 43.1 Å². The summed E-state index contributed by atoms with van der Waals surface area (Å²) in [6.07, 6.45) is 0. The summed E-state index contributed by atoms with van der Waals surface area (Å²) in [5.41, 5.74) is 4.16. The molecule has 0 saturated heterocycles. The van der Waals surface area contributed by atoms with Crippen LogP contribution in [0.2, 0.25) is 0 Å². The number of nitrogens with two attached hydrogens (primary N) is 1. The van der Waals surface area contributed by atoms with E-state index in [0.717, 1.165) is 0 Å². The van der Waals surface area contributed by atoms with E-state index in [1.165, 1.54) is 6.92 Å². The van der Waals surface area contributed by atoms with Crippen molar-refractivity contribution in [2.45, 2.75) is 12.6 Å². The molecule has 0 spiro atoms. The van der Waals surface area contributed by atoms with Crippen molar-refractivity contribution in [1.29, 1.82) is 0 Å². The predicted octanol–water partition coefficient (Wildman–Crippen LogP) is 0.152. The van der Waals surface area contributed by atoms with Crippen LogP contribution in [0.15, 0.2) is 0 Å². The van der Waals surface area contributed by atoms with Gasteiger partial charge >= 0.3 is 0 Å². The van der Waals surface area contributed by atoms with Gasteiger partial charge in [0.2, 0.25) is 5.91 Å². The van der Waals surface area contributed by atoms with E-state index >= 15 is 0 Å². The van der Waals surface area contributed by atoms with E-state index in [-0.39, 0.29) is 8.46 Å². The van der Waals surface area contributed by atoms with E-state index in [4.69, 9.17) is 5.73 Å². The van der Waals surface area contributed by atoms with Crippen molar-refractivity contribution in [2.75, 3.05) is 0 Å². The van der Waals surface area contributed by atoms with Gasteiger partial charge in [-0.1, -0.05) is 0 Å². The summed E-state index contributed by atoms with van der Waals surface area (Å²) in [5, 5.41) is 0. The van der Waals surface area contributed by atoms with Crippen LogP contribution in [-0.2, 0) is 9.36 Å². The van der Waals surface area contributed by atoms with Crippen molar-refractivity contribution in [3.63, 3.8) is 0 Å². The molecule has 7 heavy (non-hydrogen) atoms. The number of carbonyl (C=O) groups excluding carboxylic acids is 1. The SMILES string of the molecule is CC(P=O)C(N)=O. The van der Waals surface area contributed by atoms with Gasteiger partial charge in [0.15, 0.2) is 8.46 Å². The van der Waals surface area contributed by atoms with Crippen molar-refractivity contribution in [1.82, 2.24) is 0 Å². The Morgan fingerprint density at radius 2 is 2.29 bits per heavy atom. The van der Waals surface area contributed by atoms with Crippen LogP contribution in [0.3, 0.4) is 0 Å². The summed E-state index contributed by atoms with van der Waals surface area (Å²) in [4.78, 5) is 9.95. The molecule has 0 heterocycles. The average molecular weight is 119 g/mol. The maximum Gasteiger partial charge on any atom is 0.231 e. The van der Waals surface area contributed by atoms with Crippen LogP contribution in [0.25, 0.3) is 0 Å². The Morgan fingerprint density at radius 1 is 1.86 bits per heavy atom.